The van der Waals surface area contributed by atoms with E-state index in [4.69, 9.17) is 4.52 Å². The van der Waals surface area contributed by atoms with Crippen molar-refractivity contribution in [3.8, 4) is 21.5 Å². The molecule has 0 aromatic carbocycles. The first-order chi connectivity index (χ1) is 13.0. The lowest BCUT2D eigenvalue weighted by molar-refractivity contribution is 0.433. The van der Waals surface area contributed by atoms with Crippen LogP contribution in [0.4, 0.5) is 0 Å². The molecule has 0 aliphatic heterocycles. The molecule has 4 aromatic heterocycles. The van der Waals surface area contributed by atoms with E-state index in [1.54, 1.807) is 42.9 Å². The fraction of sp³-hybridized carbons (Fsp3) is 0.125. The van der Waals surface area contributed by atoms with Gasteiger partial charge in [-0.25, -0.2) is 28.1 Å². The van der Waals surface area contributed by atoms with E-state index in [0.29, 0.717) is 32.0 Å². The molecule has 0 unspecified atom stereocenters. The number of hydrogen-bond acceptors (Lipinski definition) is 9. The Morgan fingerprint density at radius 2 is 2.04 bits per heavy atom. The highest BCUT2D eigenvalue weighted by Crippen LogP contribution is 2.33. The molecule has 0 bridgehead atoms. The Morgan fingerprint density at radius 3 is 2.78 bits per heavy atom. The van der Waals surface area contributed by atoms with Crippen molar-refractivity contribution in [2.45, 2.75) is 18.4 Å². The predicted octanol–water partition coefficient (Wildman–Crippen LogP) is 3.10. The van der Waals surface area contributed by atoms with Crippen molar-refractivity contribution < 1.29 is 12.9 Å². The smallest absolute Gasteiger partial charge is 0.242 e. The third kappa shape index (κ3) is 3.81. The van der Waals surface area contributed by atoms with Crippen LogP contribution in [-0.4, -0.2) is 28.5 Å². The maximum absolute atomic E-state index is 12.7. The first kappa shape index (κ1) is 17.9. The van der Waals surface area contributed by atoms with Gasteiger partial charge in [0.1, 0.15) is 0 Å². The van der Waals surface area contributed by atoms with Gasteiger partial charge in [-0.3, -0.25) is 0 Å². The molecule has 0 saturated heterocycles. The van der Waals surface area contributed by atoms with Gasteiger partial charge in [0.05, 0.1) is 28.2 Å². The van der Waals surface area contributed by atoms with Crippen LogP contribution < -0.4 is 4.72 Å². The van der Waals surface area contributed by atoms with Crippen molar-refractivity contribution in [3.05, 3.63) is 52.7 Å². The Morgan fingerprint density at radius 1 is 1.22 bits per heavy atom. The number of aryl methyl sites for hydroxylation is 1. The zero-order chi connectivity index (χ0) is 18.9. The highest BCUT2D eigenvalue weighted by atomic mass is 32.2. The fourth-order valence-corrected chi connectivity index (χ4v) is 5.65. The molecule has 0 aliphatic carbocycles. The summed E-state index contributed by atoms with van der Waals surface area (Å²) in [4.78, 5) is 14.3. The number of rotatable bonds is 6. The van der Waals surface area contributed by atoms with Crippen LogP contribution in [0.2, 0.25) is 0 Å². The lowest BCUT2D eigenvalue weighted by Crippen LogP contribution is -2.23. The van der Waals surface area contributed by atoms with Crippen molar-refractivity contribution in [3.63, 3.8) is 0 Å². The van der Waals surface area contributed by atoms with Crippen LogP contribution >= 0.6 is 22.7 Å². The molecule has 0 spiro atoms. The molecule has 4 aromatic rings. The molecule has 0 atom stereocenters. The minimum atomic E-state index is -3.68. The van der Waals surface area contributed by atoms with E-state index in [1.165, 1.54) is 28.9 Å². The number of sulfonamides is 1. The van der Waals surface area contributed by atoms with Crippen molar-refractivity contribution in [2.75, 3.05) is 0 Å². The number of nitrogens with zero attached hydrogens (tertiary/aromatic N) is 4. The molecule has 27 heavy (non-hydrogen) atoms. The van der Waals surface area contributed by atoms with Crippen molar-refractivity contribution in [1.82, 2.24) is 24.8 Å². The first-order valence-electron chi connectivity index (χ1n) is 7.76. The Hall–Kier alpha value is -2.47. The van der Waals surface area contributed by atoms with E-state index in [1.807, 2.05) is 0 Å². The molecule has 0 saturated carbocycles. The molecule has 4 heterocycles. The number of thiazole rings is 1. The molecule has 11 heteroatoms. The standard InChI is InChI=1S/C16H13N5O3S3/c1-10-14(7-13(26-10)12-3-6-19-24-12)27(22,23)20-8-11-9-25-16(21-11)15-17-4-2-5-18-15/h2-7,9,20H,8H2,1H3. The molecular weight excluding hydrogens is 406 g/mol. The lowest BCUT2D eigenvalue weighted by atomic mass is 10.3. The summed E-state index contributed by atoms with van der Waals surface area (Å²) in [6.45, 7) is 1.84. The van der Waals surface area contributed by atoms with E-state index >= 15 is 0 Å². The third-order valence-electron chi connectivity index (χ3n) is 3.59. The SMILES string of the molecule is Cc1sc(-c2ccno2)cc1S(=O)(=O)NCc1csc(-c2ncccn2)n1. The van der Waals surface area contributed by atoms with Gasteiger partial charge in [-0.15, -0.1) is 22.7 Å². The minimum Gasteiger partial charge on any atom is -0.355 e. The Labute approximate surface area is 163 Å². The number of nitrogens with one attached hydrogen (secondary N) is 1. The Kier molecular flexibility index (Phi) is 4.83. The van der Waals surface area contributed by atoms with Gasteiger partial charge in [-0.05, 0) is 19.1 Å². The Balaban J connectivity index is 1.51. The lowest BCUT2D eigenvalue weighted by Gasteiger charge is -2.04. The highest BCUT2D eigenvalue weighted by Gasteiger charge is 2.22. The van der Waals surface area contributed by atoms with E-state index < -0.39 is 10.0 Å². The first-order valence-corrected chi connectivity index (χ1v) is 10.9. The molecule has 0 radical (unpaired) electrons. The second-order valence-corrected chi connectivity index (χ2v) is 9.30. The van der Waals surface area contributed by atoms with Crippen LogP contribution in [0.3, 0.4) is 0 Å². The topological polar surface area (TPSA) is 111 Å². The number of aromatic nitrogens is 4. The second kappa shape index (κ2) is 7.27. The van der Waals surface area contributed by atoms with Crippen LogP contribution in [0.1, 0.15) is 10.6 Å². The minimum absolute atomic E-state index is 0.0819. The van der Waals surface area contributed by atoms with Crippen LogP contribution in [0.5, 0.6) is 0 Å². The third-order valence-corrected chi connectivity index (χ3v) is 7.20. The maximum Gasteiger partial charge on any atom is 0.242 e. The zero-order valence-corrected chi connectivity index (χ0v) is 16.4. The van der Waals surface area contributed by atoms with E-state index in [-0.39, 0.29) is 11.4 Å². The predicted molar refractivity (Wildman–Crippen MR) is 102 cm³/mol. The zero-order valence-electron chi connectivity index (χ0n) is 14.0. The molecule has 138 valence electrons. The average Bonchev–Trinajstić information content (AvgIpc) is 3.41. The molecule has 8 nitrogen and oxygen atoms in total. The van der Waals surface area contributed by atoms with Gasteiger partial charge in [0.25, 0.3) is 0 Å². The van der Waals surface area contributed by atoms with E-state index in [9.17, 15) is 8.42 Å². The molecular formula is C16H13N5O3S3. The van der Waals surface area contributed by atoms with Crippen molar-refractivity contribution in [1.29, 1.82) is 0 Å². The van der Waals surface area contributed by atoms with Crippen LogP contribution in [0.15, 0.2) is 51.6 Å². The van der Waals surface area contributed by atoms with Crippen molar-refractivity contribution >= 4 is 32.7 Å². The monoisotopic (exact) mass is 419 g/mol. The number of thiophene rings is 1. The summed E-state index contributed by atoms with van der Waals surface area (Å²) >= 11 is 2.71. The summed E-state index contributed by atoms with van der Waals surface area (Å²) in [5, 5.41) is 6.08. The molecule has 0 fully saturated rings. The summed E-state index contributed by atoms with van der Waals surface area (Å²) in [6.07, 6.45) is 4.79. The van der Waals surface area contributed by atoms with Gasteiger partial charge in [0.2, 0.25) is 10.0 Å². The average molecular weight is 420 g/mol. The normalized spacial score (nSPS) is 11.7. The van der Waals surface area contributed by atoms with Crippen LogP contribution in [0.25, 0.3) is 21.5 Å². The maximum atomic E-state index is 12.7. The van der Waals surface area contributed by atoms with E-state index in [2.05, 4.69) is 24.8 Å². The summed E-state index contributed by atoms with van der Waals surface area (Å²) in [7, 11) is -3.68. The fourth-order valence-electron chi connectivity index (χ4n) is 2.34. The second-order valence-electron chi connectivity index (χ2n) is 5.45. The summed E-state index contributed by atoms with van der Waals surface area (Å²) < 4.78 is 33.1. The van der Waals surface area contributed by atoms with Gasteiger partial charge in [-0.2, -0.15) is 0 Å². The molecule has 4 rings (SSSR count). The van der Waals surface area contributed by atoms with Gasteiger partial charge in [0, 0.05) is 28.7 Å². The summed E-state index contributed by atoms with van der Waals surface area (Å²) in [5.41, 5.74) is 0.606. The number of hydrogen-bond donors (Lipinski definition) is 1. The van der Waals surface area contributed by atoms with Gasteiger partial charge < -0.3 is 4.52 Å². The van der Waals surface area contributed by atoms with Crippen LogP contribution in [0, 0.1) is 6.92 Å². The van der Waals surface area contributed by atoms with Gasteiger partial charge >= 0.3 is 0 Å². The molecule has 1 N–H and O–H groups in total. The quantitative estimate of drug-likeness (QED) is 0.511. The van der Waals surface area contributed by atoms with Crippen molar-refractivity contribution in [2.24, 2.45) is 0 Å². The van der Waals surface area contributed by atoms with Gasteiger partial charge in [0.15, 0.2) is 16.6 Å². The van der Waals surface area contributed by atoms with E-state index in [0.717, 1.165) is 0 Å². The van der Waals surface area contributed by atoms with Gasteiger partial charge in [-0.1, -0.05) is 5.16 Å². The van der Waals surface area contributed by atoms with Crippen LogP contribution in [-0.2, 0) is 16.6 Å². The Bertz CT molecular complexity index is 1150. The largest absolute Gasteiger partial charge is 0.355 e. The molecule has 0 amide bonds. The summed E-state index contributed by atoms with van der Waals surface area (Å²) in [5.74, 6) is 1.05. The highest BCUT2D eigenvalue weighted by molar-refractivity contribution is 7.89. The summed E-state index contributed by atoms with van der Waals surface area (Å²) in [6, 6.07) is 5.01. The molecule has 0 aliphatic rings.